The van der Waals surface area contributed by atoms with Crippen LogP contribution in [0.3, 0.4) is 0 Å². The summed E-state index contributed by atoms with van der Waals surface area (Å²) in [7, 11) is 0. The fourth-order valence-corrected chi connectivity index (χ4v) is 4.80. The van der Waals surface area contributed by atoms with Crippen LogP contribution < -0.4 is 10.6 Å². The Balaban J connectivity index is 2.06. The van der Waals surface area contributed by atoms with E-state index in [1.807, 2.05) is 51.1 Å². The molecule has 0 aliphatic rings. The van der Waals surface area contributed by atoms with E-state index in [1.54, 1.807) is 45.0 Å². The van der Waals surface area contributed by atoms with Crippen molar-refractivity contribution in [2.45, 2.75) is 72.1 Å². The van der Waals surface area contributed by atoms with Crippen LogP contribution in [0.5, 0.6) is 5.75 Å². The maximum atomic E-state index is 14.4. The van der Waals surface area contributed by atoms with E-state index < -0.39 is 35.6 Å². The first-order valence-electron chi connectivity index (χ1n) is 14.0. The number of nitrogens with one attached hydrogen (secondary N) is 2. The average Bonchev–Trinajstić information content (AvgIpc) is 2.91. The molecule has 0 saturated carbocycles. The molecule has 0 aliphatic carbocycles. The molecule has 224 valence electrons. The fourth-order valence-electron chi connectivity index (χ4n) is 4.53. The Labute approximate surface area is 253 Å². The van der Waals surface area contributed by atoms with Crippen molar-refractivity contribution >= 4 is 35.2 Å². The van der Waals surface area contributed by atoms with Gasteiger partial charge in [0, 0.05) is 13.0 Å². The number of phenols is 1. The topological polar surface area (TPSA) is 108 Å². The highest BCUT2D eigenvalue weighted by Gasteiger charge is 2.36. The lowest BCUT2D eigenvalue weighted by molar-refractivity contribution is -0.140. The number of aromatic hydroxyl groups is 1. The Bertz CT molecular complexity index is 1360. The van der Waals surface area contributed by atoms with E-state index in [9.17, 15) is 19.5 Å². The zero-order valence-electron chi connectivity index (χ0n) is 25.0. The summed E-state index contributed by atoms with van der Waals surface area (Å²) >= 11 is 6.44. The molecule has 3 rings (SSSR count). The lowest BCUT2D eigenvalue weighted by Crippen LogP contribution is -2.53. The number of alkyl carbamates (subject to hydrolysis) is 1. The molecule has 9 heteroatoms. The van der Waals surface area contributed by atoms with Gasteiger partial charge in [-0.2, -0.15) is 0 Å². The van der Waals surface area contributed by atoms with Gasteiger partial charge in [-0.15, -0.1) is 0 Å². The molecule has 0 aliphatic heterocycles. The van der Waals surface area contributed by atoms with Gasteiger partial charge in [0.1, 0.15) is 23.4 Å². The minimum atomic E-state index is -1.06. The van der Waals surface area contributed by atoms with Crippen molar-refractivity contribution in [2.24, 2.45) is 0 Å². The van der Waals surface area contributed by atoms with Crippen molar-refractivity contribution < 1.29 is 24.2 Å². The van der Waals surface area contributed by atoms with E-state index in [4.69, 9.17) is 16.3 Å². The molecule has 0 fully saturated rings. The summed E-state index contributed by atoms with van der Waals surface area (Å²) in [6, 6.07) is 17.1. The van der Waals surface area contributed by atoms with Crippen molar-refractivity contribution in [1.82, 2.24) is 10.2 Å². The van der Waals surface area contributed by atoms with E-state index in [0.717, 1.165) is 11.1 Å². The summed E-state index contributed by atoms with van der Waals surface area (Å²) < 4.78 is 5.47. The summed E-state index contributed by atoms with van der Waals surface area (Å²) in [5.74, 6) is -0.801. The van der Waals surface area contributed by atoms with Gasteiger partial charge in [-0.25, -0.2) is 4.79 Å². The van der Waals surface area contributed by atoms with Crippen LogP contribution in [0.4, 0.5) is 10.5 Å². The second-order valence-corrected chi connectivity index (χ2v) is 11.7. The standard InChI is InChI=1S/C33H40ClN3O5/c1-7-19-37(31(40)27(35-32(41)42-33(4,5)6)20-23-13-17-25(38)18-14-23)29(24-15-11-21(2)12-16-24)30(39)36-28-22(3)9-8-10-26(28)34/h8-18,27,29,38H,7,19-20H2,1-6H3,(H,35,41)(H,36,39). The highest BCUT2D eigenvalue weighted by atomic mass is 35.5. The summed E-state index contributed by atoms with van der Waals surface area (Å²) in [6.45, 7) is 11.2. The lowest BCUT2D eigenvalue weighted by atomic mass is 9.99. The minimum absolute atomic E-state index is 0.0836. The summed E-state index contributed by atoms with van der Waals surface area (Å²) in [6.07, 6.45) is -0.0749. The SMILES string of the molecule is CCCN(C(=O)C(Cc1ccc(O)cc1)NC(=O)OC(C)(C)C)C(C(=O)Nc1c(C)cccc1Cl)c1ccc(C)cc1. The Morgan fingerprint density at radius 3 is 2.19 bits per heavy atom. The number of amides is 3. The first-order chi connectivity index (χ1) is 19.8. The Morgan fingerprint density at radius 1 is 0.976 bits per heavy atom. The third kappa shape index (κ3) is 8.98. The Kier molecular flexibility index (Phi) is 11.0. The van der Waals surface area contributed by atoms with Crippen LogP contribution in [0.15, 0.2) is 66.7 Å². The van der Waals surface area contributed by atoms with Gasteiger partial charge < -0.3 is 25.4 Å². The quantitative estimate of drug-likeness (QED) is 0.242. The molecule has 0 bridgehead atoms. The van der Waals surface area contributed by atoms with Crippen molar-refractivity contribution in [3.05, 3.63) is 94.0 Å². The highest BCUT2D eigenvalue weighted by Crippen LogP contribution is 2.30. The predicted molar refractivity (Wildman–Crippen MR) is 166 cm³/mol. The number of hydrogen-bond acceptors (Lipinski definition) is 5. The summed E-state index contributed by atoms with van der Waals surface area (Å²) in [4.78, 5) is 42.8. The number of halogens is 1. The zero-order chi connectivity index (χ0) is 31.0. The molecule has 3 aromatic rings. The number of rotatable bonds is 10. The van der Waals surface area contributed by atoms with E-state index in [-0.39, 0.29) is 18.7 Å². The molecule has 0 aromatic heterocycles. The molecular weight excluding hydrogens is 554 g/mol. The number of anilines is 1. The van der Waals surface area contributed by atoms with Crippen molar-refractivity contribution in [3.63, 3.8) is 0 Å². The molecule has 0 saturated heterocycles. The van der Waals surface area contributed by atoms with Crippen LogP contribution in [0, 0.1) is 13.8 Å². The van der Waals surface area contributed by atoms with Crippen molar-refractivity contribution in [2.75, 3.05) is 11.9 Å². The molecule has 8 nitrogen and oxygen atoms in total. The molecule has 0 radical (unpaired) electrons. The van der Waals surface area contributed by atoms with Crippen LogP contribution in [-0.4, -0.2) is 46.1 Å². The number of carbonyl (C=O) groups is 3. The van der Waals surface area contributed by atoms with Gasteiger partial charge in [0.2, 0.25) is 5.91 Å². The number of phenolic OH excluding ortho intramolecular Hbond substituents is 1. The molecule has 2 unspecified atom stereocenters. The van der Waals surface area contributed by atoms with E-state index in [0.29, 0.717) is 28.3 Å². The van der Waals surface area contributed by atoms with Crippen LogP contribution in [-0.2, 0) is 20.7 Å². The Morgan fingerprint density at radius 2 is 1.62 bits per heavy atom. The first kappa shape index (κ1) is 32.5. The number of hydrogen-bond donors (Lipinski definition) is 3. The fraction of sp³-hybridized carbons (Fsp3) is 0.364. The van der Waals surface area contributed by atoms with Crippen LogP contribution in [0.25, 0.3) is 0 Å². The molecular formula is C33H40ClN3O5. The summed E-state index contributed by atoms with van der Waals surface area (Å²) in [5, 5.41) is 15.8. The van der Waals surface area contributed by atoms with Gasteiger partial charge in [0.05, 0.1) is 10.7 Å². The molecule has 0 spiro atoms. The second-order valence-electron chi connectivity index (χ2n) is 11.3. The molecule has 0 heterocycles. The van der Waals surface area contributed by atoms with Gasteiger partial charge >= 0.3 is 6.09 Å². The number of aryl methyl sites for hydroxylation is 2. The van der Waals surface area contributed by atoms with Gasteiger partial charge in [0.15, 0.2) is 0 Å². The number of ether oxygens (including phenoxy) is 1. The van der Waals surface area contributed by atoms with Gasteiger partial charge in [-0.05, 0) is 75.9 Å². The largest absolute Gasteiger partial charge is 0.508 e. The monoisotopic (exact) mass is 593 g/mol. The third-order valence-electron chi connectivity index (χ3n) is 6.54. The van der Waals surface area contributed by atoms with Crippen LogP contribution in [0.2, 0.25) is 5.02 Å². The molecule has 42 heavy (non-hydrogen) atoms. The summed E-state index contributed by atoms with van der Waals surface area (Å²) in [5.41, 5.74) is 2.80. The maximum absolute atomic E-state index is 14.4. The van der Waals surface area contributed by atoms with E-state index >= 15 is 0 Å². The van der Waals surface area contributed by atoms with E-state index in [2.05, 4.69) is 10.6 Å². The molecule has 2 atom stereocenters. The molecule has 3 N–H and O–H groups in total. The predicted octanol–water partition coefficient (Wildman–Crippen LogP) is 6.72. The van der Waals surface area contributed by atoms with E-state index in [1.165, 1.54) is 17.0 Å². The normalized spacial score (nSPS) is 12.6. The van der Waals surface area contributed by atoms with Crippen LogP contribution in [0.1, 0.15) is 62.4 Å². The number of carbonyl (C=O) groups excluding carboxylic acids is 3. The van der Waals surface area contributed by atoms with Crippen molar-refractivity contribution in [1.29, 1.82) is 0 Å². The molecule has 3 amide bonds. The van der Waals surface area contributed by atoms with Crippen LogP contribution >= 0.6 is 11.6 Å². The van der Waals surface area contributed by atoms with Gasteiger partial charge in [0.25, 0.3) is 5.91 Å². The first-order valence-corrected chi connectivity index (χ1v) is 14.4. The molecule has 3 aromatic carbocycles. The third-order valence-corrected chi connectivity index (χ3v) is 6.85. The lowest BCUT2D eigenvalue weighted by Gasteiger charge is -2.34. The number of nitrogens with zero attached hydrogens (tertiary/aromatic N) is 1. The minimum Gasteiger partial charge on any atom is -0.508 e. The second kappa shape index (κ2) is 14.2. The zero-order valence-corrected chi connectivity index (χ0v) is 25.8. The van der Waals surface area contributed by atoms with Gasteiger partial charge in [-0.1, -0.05) is 72.6 Å². The van der Waals surface area contributed by atoms with Gasteiger partial charge in [-0.3, -0.25) is 9.59 Å². The average molecular weight is 594 g/mol. The number of para-hydroxylation sites is 1. The maximum Gasteiger partial charge on any atom is 0.408 e. The smallest absolute Gasteiger partial charge is 0.408 e. The number of benzene rings is 3. The van der Waals surface area contributed by atoms with Crippen molar-refractivity contribution in [3.8, 4) is 5.75 Å². The Hall–Kier alpha value is -4.04. The highest BCUT2D eigenvalue weighted by molar-refractivity contribution is 6.34.